The van der Waals surface area contributed by atoms with Crippen molar-refractivity contribution >= 4 is 11.8 Å². The molecule has 0 fully saturated rings. The minimum absolute atomic E-state index is 0.264. The van der Waals surface area contributed by atoms with Gasteiger partial charge in [0.05, 0.1) is 12.6 Å². The first-order chi connectivity index (χ1) is 11.3. The molecular formula is C19H22N2O3. The van der Waals surface area contributed by atoms with Crippen LogP contribution in [0, 0.1) is 0 Å². The van der Waals surface area contributed by atoms with E-state index in [9.17, 15) is 9.59 Å². The van der Waals surface area contributed by atoms with Gasteiger partial charge in [0.1, 0.15) is 5.75 Å². The lowest BCUT2D eigenvalue weighted by atomic mass is 10.1. The summed E-state index contributed by atoms with van der Waals surface area (Å²) in [5, 5.41) is 1.35. The van der Waals surface area contributed by atoms with E-state index in [1.807, 2.05) is 26.8 Å². The van der Waals surface area contributed by atoms with E-state index < -0.39 is 5.54 Å². The number of nitrogens with one attached hydrogen (secondary N) is 1. The topological polar surface area (TPSA) is 58.6 Å². The Morgan fingerprint density at radius 2 is 1.58 bits per heavy atom. The van der Waals surface area contributed by atoms with Gasteiger partial charge >= 0.3 is 0 Å². The summed E-state index contributed by atoms with van der Waals surface area (Å²) in [5.74, 6) is -0.0493. The molecule has 0 aromatic heterocycles. The highest BCUT2D eigenvalue weighted by Crippen LogP contribution is 2.17. The summed E-state index contributed by atoms with van der Waals surface area (Å²) < 4.78 is 5.13. The number of rotatable bonds is 3. The summed E-state index contributed by atoms with van der Waals surface area (Å²) in [7, 11) is 1.54. The van der Waals surface area contributed by atoms with Crippen LogP contribution in [0.4, 0.5) is 0 Å². The van der Waals surface area contributed by atoms with Crippen molar-refractivity contribution < 1.29 is 14.3 Å². The molecule has 0 unspecified atom stereocenters. The highest BCUT2D eigenvalue weighted by molar-refractivity contribution is 5.99. The minimum atomic E-state index is -0.582. The summed E-state index contributed by atoms with van der Waals surface area (Å²) in [5.41, 5.74) is 3.06. The van der Waals surface area contributed by atoms with Gasteiger partial charge in [0.15, 0.2) is 0 Å². The van der Waals surface area contributed by atoms with Crippen LogP contribution in [0.15, 0.2) is 54.6 Å². The molecule has 126 valence electrons. The Morgan fingerprint density at radius 1 is 0.958 bits per heavy atom. The number of amides is 2. The summed E-state index contributed by atoms with van der Waals surface area (Å²) in [4.78, 5) is 25.3. The number of hydrazine groups is 1. The van der Waals surface area contributed by atoms with Gasteiger partial charge in [-0.05, 0) is 51.1 Å². The van der Waals surface area contributed by atoms with Crippen LogP contribution in [0.25, 0.3) is 0 Å². The smallest absolute Gasteiger partial charge is 0.272 e. The maximum absolute atomic E-state index is 12.8. The number of methoxy groups -OCH3 is 1. The quantitative estimate of drug-likeness (QED) is 0.881. The SMILES string of the molecule is COc1cccc(C(=O)NN(C(=O)c2ccccc2)C(C)(C)C)c1. The predicted octanol–water partition coefficient (Wildman–Crippen LogP) is 3.28. The zero-order chi connectivity index (χ0) is 17.7. The predicted molar refractivity (Wildman–Crippen MR) is 92.8 cm³/mol. The molecule has 24 heavy (non-hydrogen) atoms. The van der Waals surface area contributed by atoms with Crippen molar-refractivity contribution in [3.05, 3.63) is 65.7 Å². The fourth-order valence-electron chi connectivity index (χ4n) is 2.16. The number of nitrogens with zero attached hydrogens (tertiary/aromatic N) is 1. The molecule has 0 bridgehead atoms. The molecule has 0 aliphatic heterocycles. The normalized spacial score (nSPS) is 10.8. The molecule has 0 atom stereocenters. The standard InChI is InChI=1S/C19H22N2O3/c1-19(2,3)21(18(23)14-9-6-5-7-10-14)20-17(22)15-11-8-12-16(13-15)24-4/h5-13H,1-4H3,(H,20,22). The van der Waals surface area contributed by atoms with Crippen molar-refractivity contribution in [2.45, 2.75) is 26.3 Å². The monoisotopic (exact) mass is 326 g/mol. The van der Waals surface area contributed by atoms with E-state index in [0.717, 1.165) is 0 Å². The molecule has 0 spiro atoms. The fraction of sp³-hybridized carbons (Fsp3) is 0.263. The highest BCUT2D eigenvalue weighted by atomic mass is 16.5. The van der Waals surface area contributed by atoms with Gasteiger partial charge in [-0.2, -0.15) is 0 Å². The number of carbonyl (C=O) groups excluding carboxylic acids is 2. The molecule has 5 nitrogen and oxygen atoms in total. The van der Waals surface area contributed by atoms with Crippen LogP contribution in [-0.2, 0) is 0 Å². The second-order valence-electron chi connectivity index (χ2n) is 6.35. The van der Waals surface area contributed by atoms with Crippen molar-refractivity contribution in [2.75, 3.05) is 7.11 Å². The van der Waals surface area contributed by atoms with Crippen LogP contribution in [-0.4, -0.2) is 29.5 Å². The largest absolute Gasteiger partial charge is 0.497 e. The van der Waals surface area contributed by atoms with E-state index in [0.29, 0.717) is 16.9 Å². The van der Waals surface area contributed by atoms with E-state index in [2.05, 4.69) is 5.43 Å². The molecule has 0 aliphatic rings. The molecule has 0 aliphatic carbocycles. The van der Waals surface area contributed by atoms with Crippen molar-refractivity contribution in [2.24, 2.45) is 0 Å². The Morgan fingerprint density at radius 3 is 2.17 bits per heavy atom. The zero-order valence-electron chi connectivity index (χ0n) is 14.4. The first-order valence-corrected chi connectivity index (χ1v) is 7.67. The molecule has 1 N–H and O–H groups in total. The first-order valence-electron chi connectivity index (χ1n) is 7.67. The van der Waals surface area contributed by atoms with E-state index in [1.54, 1.807) is 48.5 Å². The fourth-order valence-corrected chi connectivity index (χ4v) is 2.16. The number of carbonyl (C=O) groups is 2. The Labute approximate surface area is 142 Å². The molecule has 2 aromatic carbocycles. The molecule has 0 saturated carbocycles. The lowest BCUT2D eigenvalue weighted by molar-refractivity contribution is 0.0358. The lowest BCUT2D eigenvalue weighted by Gasteiger charge is -2.35. The number of benzene rings is 2. The van der Waals surface area contributed by atoms with E-state index in [1.165, 1.54) is 12.1 Å². The second kappa shape index (κ2) is 7.17. The Hall–Kier alpha value is -2.82. The van der Waals surface area contributed by atoms with Crippen molar-refractivity contribution in [1.82, 2.24) is 10.4 Å². The zero-order valence-corrected chi connectivity index (χ0v) is 14.4. The number of hydrogen-bond acceptors (Lipinski definition) is 3. The minimum Gasteiger partial charge on any atom is -0.497 e. The van der Waals surface area contributed by atoms with E-state index in [4.69, 9.17) is 4.74 Å². The maximum Gasteiger partial charge on any atom is 0.272 e. The summed E-state index contributed by atoms with van der Waals surface area (Å²) in [6.45, 7) is 5.58. The Kier molecular flexibility index (Phi) is 5.24. The second-order valence-corrected chi connectivity index (χ2v) is 6.35. The van der Waals surface area contributed by atoms with E-state index >= 15 is 0 Å². The molecule has 0 radical (unpaired) electrons. The van der Waals surface area contributed by atoms with Crippen LogP contribution >= 0.6 is 0 Å². The average Bonchev–Trinajstić information content (AvgIpc) is 2.58. The molecular weight excluding hydrogens is 304 g/mol. The van der Waals surface area contributed by atoms with Gasteiger partial charge in [-0.25, -0.2) is 5.01 Å². The van der Waals surface area contributed by atoms with Gasteiger partial charge in [0.25, 0.3) is 11.8 Å². The van der Waals surface area contributed by atoms with Crippen molar-refractivity contribution in [3.63, 3.8) is 0 Å². The lowest BCUT2D eigenvalue weighted by Crippen LogP contribution is -2.55. The van der Waals surface area contributed by atoms with Gasteiger partial charge in [-0.3, -0.25) is 15.0 Å². The highest BCUT2D eigenvalue weighted by Gasteiger charge is 2.29. The number of ether oxygens (including phenoxy) is 1. The third-order valence-corrected chi connectivity index (χ3v) is 3.44. The third kappa shape index (κ3) is 4.13. The molecule has 0 heterocycles. The van der Waals surface area contributed by atoms with Gasteiger partial charge in [0.2, 0.25) is 0 Å². The molecule has 2 aromatic rings. The Balaban J connectivity index is 2.26. The molecule has 2 rings (SSSR count). The summed E-state index contributed by atoms with van der Waals surface area (Å²) in [6.07, 6.45) is 0. The van der Waals surface area contributed by atoms with Crippen LogP contribution in [0.2, 0.25) is 0 Å². The average molecular weight is 326 g/mol. The van der Waals surface area contributed by atoms with Crippen LogP contribution < -0.4 is 10.2 Å². The van der Waals surface area contributed by atoms with Gasteiger partial charge in [0, 0.05) is 11.1 Å². The van der Waals surface area contributed by atoms with Crippen molar-refractivity contribution in [3.8, 4) is 5.75 Å². The Bertz CT molecular complexity index is 721. The maximum atomic E-state index is 12.8. The molecule has 2 amide bonds. The van der Waals surface area contributed by atoms with Gasteiger partial charge < -0.3 is 4.74 Å². The van der Waals surface area contributed by atoms with Crippen LogP contribution in [0.1, 0.15) is 41.5 Å². The van der Waals surface area contributed by atoms with Crippen molar-refractivity contribution in [1.29, 1.82) is 0 Å². The molecule has 5 heteroatoms. The van der Waals surface area contributed by atoms with E-state index in [-0.39, 0.29) is 11.8 Å². The van der Waals surface area contributed by atoms with Gasteiger partial charge in [-0.1, -0.05) is 24.3 Å². The van der Waals surface area contributed by atoms with Crippen LogP contribution in [0.5, 0.6) is 5.75 Å². The summed E-state index contributed by atoms with van der Waals surface area (Å²) in [6, 6.07) is 15.6. The first kappa shape index (κ1) is 17.5. The van der Waals surface area contributed by atoms with Crippen LogP contribution in [0.3, 0.4) is 0 Å². The number of hydrogen-bond donors (Lipinski definition) is 1. The van der Waals surface area contributed by atoms with Gasteiger partial charge in [-0.15, -0.1) is 0 Å². The molecule has 0 saturated heterocycles. The third-order valence-electron chi connectivity index (χ3n) is 3.44. The summed E-state index contributed by atoms with van der Waals surface area (Å²) >= 11 is 0.